The predicted octanol–water partition coefficient (Wildman–Crippen LogP) is 4.26. The highest BCUT2D eigenvalue weighted by atomic mass is 16.1. The van der Waals surface area contributed by atoms with Crippen molar-refractivity contribution >= 4 is 11.7 Å². The Morgan fingerprint density at radius 1 is 0.867 bits per heavy atom. The molecule has 30 heavy (non-hydrogen) atoms. The molecule has 0 bridgehead atoms. The van der Waals surface area contributed by atoms with Crippen molar-refractivity contribution in [3.8, 4) is 22.5 Å². The molecule has 2 aromatic heterocycles. The molecule has 0 unspecified atom stereocenters. The van der Waals surface area contributed by atoms with Gasteiger partial charge in [0, 0.05) is 52.8 Å². The lowest BCUT2D eigenvalue weighted by atomic mass is 10.0. The van der Waals surface area contributed by atoms with E-state index >= 15 is 0 Å². The summed E-state index contributed by atoms with van der Waals surface area (Å²) < 4.78 is 0. The molecule has 2 N–H and O–H groups in total. The average Bonchev–Trinajstić information content (AvgIpc) is 3.25. The van der Waals surface area contributed by atoms with Gasteiger partial charge in [0.05, 0.1) is 11.3 Å². The standard InChI is InChI=1S/C25H19N3O2/c29-24(17-4-2-1-3-5-17)18-8-6-16(7-9-18)22-14-19(10-12-26-22)23-15-20-21(28-23)11-13-27-25(20)30/h1-10,12,14-15,28H,11,13H2,(H,27,30). The number of hydrogen-bond acceptors (Lipinski definition) is 3. The number of hydrogen-bond donors (Lipinski definition) is 2. The highest BCUT2D eigenvalue weighted by Crippen LogP contribution is 2.27. The minimum absolute atomic E-state index is 0.000831. The van der Waals surface area contributed by atoms with Crippen molar-refractivity contribution in [2.75, 3.05) is 6.54 Å². The van der Waals surface area contributed by atoms with Crippen molar-refractivity contribution < 1.29 is 9.59 Å². The lowest BCUT2D eigenvalue weighted by molar-refractivity contribution is 0.0945. The van der Waals surface area contributed by atoms with Gasteiger partial charge < -0.3 is 10.3 Å². The molecule has 0 atom stereocenters. The average molecular weight is 393 g/mol. The molecule has 4 aromatic rings. The zero-order chi connectivity index (χ0) is 20.5. The first-order chi connectivity index (χ1) is 14.7. The number of carbonyl (C=O) groups is 2. The van der Waals surface area contributed by atoms with E-state index < -0.39 is 0 Å². The Morgan fingerprint density at radius 2 is 1.63 bits per heavy atom. The Kier molecular flexibility index (Phi) is 4.48. The van der Waals surface area contributed by atoms with Gasteiger partial charge in [0.1, 0.15) is 0 Å². The van der Waals surface area contributed by atoms with E-state index in [1.807, 2.05) is 72.8 Å². The number of rotatable bonds is 4. The number of fused-ring (bicyclic) bond motifs is 1. The molecule has 3 heterocycles. The number of pyridine rings is 1. The maximum atomic E-state index is 12.6. The Balaban J connectivity index is 1.43. The molecule has 5 rings (SSSR count). The molecule has 1 amide bonds. The summed E-state index contributed by atoms with van der Waals surface area (Å²) >= 11 is 0. The lowest BCUT2D eigenvalue weighted by Gasteiger charge is -2.11. The molecule has 2 aromatic carbocycles. The first-order valence-corrected chi connectivity index (χ1v) is 9.86. The summed E-state index contributed by atoms with van der Waals surface area (Å²) in [5.74, 6) is -0.0363. The maximum Gasteiger partial charge on any atom is 0.253 e. The predicted molar refractivity (Wildman–Crippen MR) is 115 cm³/mol. The van der Waals surface area contributed by atoms with Crippen LogP contribution in [0.15, 0.2) is 79.0 Å². The second kappa shape index (κ2) is 7.44. The Bertz CT molecular complexity index is 1240. The van der Waals surface area contributed by atoms with E-state index in [9.17, 15) is 9.59 Å². The van der Waals surface area contributed by atoms with Gasteiger partial charge >= 0.3 is 0 Å². The summed E-state index contributed by atoms with van der Waals surface area (Å²) in [5, 5.41) is 2.87. The van der Waals surface area contributed by atoms with Gasteiger partial charge in [-0.2, -0.15) is 0 Å². The van der Waals surface area contributed by atoms with Crippen LogP contribution in [0.25, 0.3) is 22.5 Å². The van der Waals surface area contributed by atoms with E-state index in [0.717, 1.165) is 34.6 Å². The van der Waals surface area contributed by atoms with E-state index in [-0.39, 0.29) is 11.7 Å². The molecule has 1 aliphatic heterocycles. The van der Waals surface area contributed by atoms with Gasteiger partial charge in [0.25, 0.3) is 5.91 Å². The van der Waals surface area contributed by atoms with Gasteiger partial charge in [0.15, 0.2) is 5.78 Å². The van der Waals surface area contributed by atoms with E-state index in [1.54, 1.807) is 6.20 Å². The molecule has 0 saturated carbocycles. The van der Waals surface area contributed by atoms with Crippen LogP contribution in [0.4, 0.5) is 0 Å². The summed E-state index contributed by atoms with van der Waals surface area (Å²) in [7, 11) is 0. The van der Waals surface area contributed by atoms with E-state index in [4.69, 9.17) is 0 Å². The first-order valence-electron chi connectivity index (χ1n) is 9.86. The molecule has 0 radical (unpaired) electrons. The fourth-order valence-electron chi connectivity index (χ4n) is 3.75. The third-order valence-corrected chi connectivity index (χ3v) is 5.35. The van der Waals surface area contributed by atoms with E-state index in [2.05, 4.69) is 15.3 Å². The SMILES string of the molecule is O=C(c1ccccc1)c1ccc(-c2cc(-c3cc4c([nH]3)CCNC4=O)ccn2)cc1. The highest BCUT2D eigenvalue weighted by molar-refractivity contribution is 6.09. The maximum absolute atomic E-state index is 12.6. The first kappa shape index (κ1) is 18.1. The fourth-order valence-corrected chi connectivity index (χ4v) is 3.75. The highest BCUT2D eigenvalue weighted by Gasteiger charge is 2.20. The number of nitrogens with zero attached hydrogens (tertiary/aromatic N) is 1. The van der Waals surface area contributed by atoms with Crippen LogP contribution in [0.5, 0.6) is 0 Å². The zero-order valence-corrected chi connectivity index (χ0v) is 16.2. The van der Waals surface area contributed by atoms with Crippen molar-refractivity contribution in [2.24, 2.45) is 0 Å². The Morgan fingerprint density at radius 3 is 2.40 bits per heavy atom. The summed E-state index contributed by atoms with van der Waals surface area (Å²) in [6, 6.07) is 22.5. The minimum Gasteiger partial charge on any atom is -0.358 e. The monoisotopic (exact) mass is 393 g/mol. The molecule has 146 valence electrons. The van der Waals surface area contributed by atoms with Crippen LogP contribution >= 0.6 is 0 Å². The largest absolute Gasteiger partial charge is 0.358 e. The number of benzene rings is 2. The van der Waals surface area contributed by atoms with Crippen LogP contribution in [0, 0.1) is 0 Å². The van der Waals surface area contributed by atoms with Gasteiger partial charge in [-0.15, -0.1) is 0 Å². The topological polar surface area (TPSA) is 74.8 Å². The second-order valence-electron chi connectivity index (χ2n) is 7.28. The number of ketones is 1. The second-order valence-corrected chi connectivity index (χ2v) is 7.28. The Labute approximate surface area is 173 Å². The summed E-state index contributed by atoms with van der Waals surface area (Å²) in [4.78, 5) is 32.5. The summed E-state index contributed by atoms with van der Waals surface area (Å²) in [6.45, 7) is 0.654. The molecule has 5 heteroatoms. The number of nitrogens with one attached hydrogen (secondary N) is 2. The van der Waals surface area contributed by atoms with Gasteiger partial charge in [-0.1, -0.05) is 54.6 Å². The number of aromatic nitrogens is 2. The van der Waals surface area contributed by atoms with Crippen LogP contribution in [-0.4, -0.2) is 28.2 Å². The van der Waals surface area contributed by atoms with Crippen LogP contribution in [-0.2, 0) is 6.42 Å². The van der Waals surface area contributed by atoms with E-state index in [0.29, 0.717) is 23.2 Å². The van der Waals surface area contributed by atoms with Gasteiger partial charge in [-0.3, -0.25) is 14.6 Å². The third kappa shape index (κ3) is 3.31. The molecule has 0 spiro atoms. The minimum atomic E-state index is -0.0355. The van der Waals surface area contributed by atoms with E-state index in [1.165, 1.54) is 0 Å². The van der Waals surface area contributed by atoms with Crippen molar-refractivity contribution in [3.05, 3.63) is 101 Å². The quantitative estimate of drug-likeness (QED) is 0.509. The molecule has 0 aliphatic carbocycles. The normalized spacial score (nSPS) is 12.9. The van der Waals surface area contributed by atoms with Crippen LogP contribution in [0.1, 0.15) is 32.0 Å². The molecular weight excluding hydrogens is 374 g/mol. The van der Waals surface area contributed by atoms with Crippen LogP contribution < -0.4 is 5.32 Å². The fraction of sp³-hybridized carbons (Fsp3) is 0.0800. The van der Waals surface area contributed by atoms with Gasteiger partial charge in [-0.05, 0) is 18.2 Å². The van der Waals surface area contributed by atoms with Crippen LogP contribution in [0.3, 0.4) is 0 Å². The zero-order valence-electron chi connectivity index (χ0n) is 16.2. The molecular formula is C25H19N3O2. The lowest BCUT2D eigenvalue weighted by Crippen LogP contribution is -2.31. The number of amides is 1. The van der Waals surface area contributed by atoms with Crippen molar-refractivity contribution in [2.45, 2.75) is 6.42 Å². The van der Waals surface area contributed by atoms with Crippen molar-refractivity contribution in [3.63, 3.8) is 0 Å². The Hall–Kier alpha value is -3.99. The molecule has 0 fully saturated rings. The number of H-pyrrole nitrogens is 1. The molecule has 1 aliphatic rings. The van der Waals surface area contributed by atoms with Gasteiger partial charge in [0.2, 0.25) is 0 Å². The summed E-state index contributed by atoms with van der Waals surface area (Å²) in [6.07, 6.45) is 2.56. The molecule has 5 nitrogen and oxygen atoms in total. The van der Waals surface area contributed by atoms with Crippen LogP contribution in [0.2, 0.25) is 0 Å². The summed E-state index contributed by atoms with van der Waals surface area (Å²) in [5.41, 5.74) is 6.59. The number of carbonyl (C=O) groups excluding carboxylic acids is 2. The van der Waals surface area contributed by atoms with Crippen molar-refractivity contribution in [1.29, 1.82) is 0 Å². The smallest absolute Gasteiger partial charge is 0.253 e. The third-order valence-electron chi connectivity index (χ3n) is 5.35. The number of aromatic amines is 1. The molecule has 0 saturated heterocycles. The van der Waals surface area contributed by atoms with Gasteiger partial charge in [-0.25, -0.2) is 0 Å². The van der Waals surface area contributed by atoms with Crippen molar-refractivity contribution in [1.82, 2.24) is 15.3 Å².